The lowest BCUT2D eigenvalue weighted by molar-refractivity contribution is -0.143. The molecule has 0 saturated heterocycles. The summed E-state index contributed by atoms with van der Waals surface area (Å²) in [6, 6.07) is 0. The molecule has 66 valence electrons. The Bertz CT molecular complexity index is 243. The van der Waals surface area contributed by atoms with Crippen molar-refractivity contribution < 1.29 is 19.4 Å². The Morgan fingerprint density at radius 3 is 2.58 bits per heavy atom. The molecule has 4 heteroatoms. The molecule has 0 aromatic carbocycles. The van der Waals surface area contributed by atoms with Crippen LogP contribution in [0.15, 0.2) is 12.2 Å². The molecule has 0 heterocycles. The quantitative estimate of drug-likeness (QED) is 0.493. The van der Waals surface area contributed by atoms with E-state index in [1.54, 1.807) is 0 Å². The molecule has 0 aromatic rings. The smallest absolute Gasteiger partial charge is 0.311 e. The van der Waals surface area contributed by atoms with Gasteiger partial charge < -0.3 is 9.84 Å². The Labute approximate surface area is 69.8 Å². The number of hydrogen-bond acceptors (Lipinski definition) is 3. The summed E-state index contributed by atoms with van der Waals surface area (Å²) in [7, 11) is 0. The Kier molecular flexibility index (Phi) is 2.17. The van der Waals surface area contributed by atoms with Gasteiger partial charge in [-0.1, -0.05) is 12.2 Å². The maximum absolute atomic E-state index is 10.4. The highest BCUT2D eigenvalue weighted by atomic mass is 16.5. The molecule has 0 radical (unpaired) electrons. The van der Waals surface area contributed by atoms with E-state index in [1.165, 1.54) is 6.92 Å². The minimum atomic E-state index is -0.892. The van der Waals surface area contributed by atoms with Crippen LogP contribution in [-0.2, 0) is 14.3 Å². The van der Waals surface area contributed by atoms with Crippen LogP contribution in [0.5, 0.6) is 0 Å². The maximum atomic E-state index is 10.4. The van der Waals surface area contributed by atoms with Crippen LogP contribution in [0.3, 0.4) is 0 Å². The van der Waals surface area contributed by atoms with Crippen molar-refractivity contribution in [1.29, 1.82) is 0 Å². The third-order valence-corrected chi connectivity index (χ3v) is 1.90. The molecule has 0 aliphatic heterocycles. The standard InChI is InChI=1S/C8H10O4/c1-4-6(3-12-5(2)9)7(4)8(10)11/h6-7H,1,3H2,2H3,(H,10,11). The van der Waals surface area contributed by atoms with Crippen LogP contribution in [-0.4, -0.2) is 23.7 Å². The van der Waals surface area contributed by atoms with E-state index in [0.717, 1.165) is 0 Å². The highest BCUT2D eigenvalue weighted by molar-refractivity contribution is 5.80. The monoisotopic (exact) mass is 170 g/mol. The average molecular weight is 170 g/mol. The lowest BCUT2D eigenvalue weighted by Gasteiger charge is -1.97. The average Bonchev–Trinajstić information content (AvgIpc) is 2.57. The molecule has 0 amide bonds. The lowest BCUT2D eigenvalue weighted by Crippen LogP contribution is -2.06. The Morgan fingerprint density at radius 2 is 2.25 bits per heavy atom. The van der Waals surface area contributed by atoms with E-state index in [4.69, 9.17) is 5.11 Å². The third kappa shape index (κ3) is 1.64. The molecule has 0 aromatic heterocycles. The van der Waals surface area contributed by atoms with Crippen LogP contribution in [0.2, 0.25) is 0 Å². The highest BCUT2D eigenvalue weighted by Crippen LogP contribution is 2.44. The summed E-state index contributed by atoms with van der Waals surface area (Å²) in [6.07, 6.45) is 0. The number of ether oxygens (including phenoxy) is 1. The molecule has 1 rings (SSSR count). The van der Waals surface area contributed by atoms with Gasteiger partial charge in [-0.15, -0.1) is 0 Å². The summed E-state index contributed by atoms with van der Waals surface area (Å²) in [5.74, 6) is -1.97. The van der Waals surface area contributed by atoms with E-state index in [1.807, 2.05) is 0 Å². The molecule has 12 heavy (non-hydrogen) atoms. The molecule has 1 aliphatic rings. The highest BCUT2D eigenvalue weighted by Gasteiger charge is 2.48. The molecule has 1 N–H and O–H groups in total. The van der Waals surface area contributed by atoms with Crippen LogP contribution in [0.4, 0.5) is 0 Å². The second-order valence-corrected chi connectivity index (χ2v) is 2.80. The summed E-state index contributed by atoms with van der Waals surface area (Å²) in [5.41, 5.74) is 0.642. The first-order valence-corrected chi connectivity index (χ1v) is 3.59. The molecule has 0 bridgehead atoms. The molecule has 4 nitrogen and oxygen atoms in total. The fourth-order valence-electron chi connectivity index (χ4n) is 1.12. The topological polar surface area (TPSA) is 63.6 Å². The first-order valence-electron chi connectivity index (χ1n) is 3.59. The van der Waals surface area contributed by atoms with Gasteiger partial charge in [-0.05, 0) is 0 Å². The van der Waals surface area contributed by atoms with E-state index < -0.39 is 11.9 Å². The first-order chi connectivity index (χ1) is 5.54. The summed E-state index contributed by atoms with van der Waals surface area (Å²) < 4.78 is 4.65. The minimum Gasteiger partial charge on any atom is -0.481 e. The van der Waals surface area contributed by atoms with E-state index in [2.05, 4.69) is 11.3 Å². The molecule has 2 atom stereocenters. The minimum absolute atomic E-state index is 0.144. The Morgan fingerprint density at radius 1 is 1.67 bits per heavy atom. The van der Waals surface area contributed by atoms with Crippen molar-refractivity contribution in [3.05, 3.63) is 12.2 Å². The van der Waals surface area contributed by atoms with E-state index in [9.17, 15) is 9.59 Å². The number of esters is 1. The number of rotatable bonds is 3. The molecule has 1 saturated carbocycles. The summed E-state index contributed by atoms with van der Waals surface area (Å²) in [4.78, 5) is 20.8. The van der Waals surface area contributed by atoms with Gasteiger partial charge in [-0.3, -0.25) is 9.59 Å². The molecule has 1 aliphatic carbocycles. The van der Waals surface area contributed by atoms with E-state index in [-0.39, 0.29) is 18.5 Å². The van der Waals surface area contributed by atoms with Gasteiger partial charge in [-0.25, -0.2) is 0 Å². The maximum Gasteiger partial charge on any atom is 0.311 e. The van der Waals surface area contributed by atoms with E-state index >= 15 is 0 Å². The SMILES string of the molecule is C=C1C(COC(C)=O)C1C(=O)O. The molecule has 0 spiro atoms. The zero-order chi connectivity index (χ0) is 9.30. The predicted octanol–water partition coefficient (Wildman–Crippen LogP) is 0.436. The fourth-order valence-corrected chi connectivity index (χ4v) is 1.12. The second kappa shape index (κ2) is 2.97. The normalized spacial score (nSPS) is 26.6. The van der Waals surface area contributed by atoms with Crippen LogP contribution in [0.1, 0.15) is 6.92 Å². The van der Waals surface area contributed by atoms with Gasteiger partial charge in [0.05, 0.1) is 12.5 Å². The van der Waals surface area contributed by atoms with Gasteiger partial charge in [0.1, 0.15) is 0 Å². The Balaban J connectivity index is 2.34. The lowest BCUT2D eigenvalue weighted by atomic mass is 10.3. The van der Waals surface area contributed by atoms with Gasteiger partial charge in [0.2, 0.25) is 0 Å². The molecular formula is C8H10O4. The second-order valence-electron chi connectivity index (χ2n) is 2.80. The van der Waals surface area contributed by atoms with Gasteiger partial charge in [-0.2, -0.15) is 0 Å². The van der Waals surface area contributed by atoms with Crippen molar-refractivity contribution >= 4 is 11.9 Å². The summed E-state index contributed by atoms with van der Waals surface area (Å²) in [5, 5.41) is 8.56. The van der Waals surface area contributed by atoms with Gasteiger partial charge in [0.15, 0.2) is 0 Å². The van der Waals surface area contributed by atoms with Gasteiger partial charge >= 0.3 is 11.9 Å². The van der Waals surface area contributed by atoms with Crippen LogP contribution >= 0.6 is 0 Å². The van der Waals surface area contributed by atoms with Crippen LogP contribution < -0.4 is 0 Å². The number of carboxylic acid groups (broad SMARTS) is 1. The van der Waals surface area contributed by atoms with Crippen LogP contribution in [0.25, 0.3) is 0 Å². The largest absolute Gasteiger partial charge is 0.481 e. The number of carbonyl (C=O) groups is 2. The number of aliphatic carboxylic acids is 1. The predicted molar refractivity (Wildman–Crippen MR) is 40.4 cm³/mol. The van der Waals surface area contributed by atoms with Crippen LogP contribution in [0, 0.1) is 11.8 Å². The van der Waals surface area contributed by atoms with Crippen molar-refractivity contribution in [2.45, 2.75) is 6.92 Å². The van der Waals surface area contributed by atoms with Crippen molar-refractivity contribution in [3.8, 4) is 0 Å². The van der Waals surface area contributed by atoms with E-state index in [0.29, 0.717) is 5.57 Å². The van der Waals surface area contributed by atoms with Crippen molar-refractivity contribution in [2.24, 2.45) is 11.8 Å². The molecular weight excluding hydrogens is 160 g/mol. The van der Waals surface area contributed by atoms with Crippen molar-refractivity contribution in [3.63, 3.8) is 0 Å². The number of carbonyl (C=O) groups excluding carboxylic acids is 1. The van der Waals surface area contributed by atoms with Gasteiger partial charge in [0.25, 0.3) is 0 Å². The third-order valence-electron chi connectivity index (χ3n) is 1.90. The first kappa shape index (κ1) is 8.77. The molecule has 2 unspecified atom stereocenters. The fraction of sp³-hybridized carbons (Fsp3) is 0.500. The summed E-state index contributed by atoms with van der Waals surface area (Å²) >= 11 is 0. The number of carboxylic acids is 1. The summed E-state index contributed by atoms with van der Waals surface area (Å²) in [6.45, 7) is 4.99. The van der Waals surface area contributed by atoms with Crippen molar-refractivity contribution in [1.82, 2.24) is 0 Å². The van der Waals surface area contributed by atoms with Gasteiger partial charge in [0, 0.05) is 12.8 Å². The zero-order valence-electron chi connectivity index (χ0n) is 6.74. The zero-order valence-corrected chi connectivity index (χ0v) is 6.74. The Hall–Kier alpha value is -1.32. The molecule has 1 fully saturated rings. The number of hydrogen-bond donors (Lipinski definition) is 1. The van der Waals surface area contributed by atoms with Crippen molar-refractivity contribution in [2.75, 3.05) is 6.61 Å².